The third kappa shape index (κ3) is 4.00. The molecule has 6 heteroatoms. The molecule has 0 saturated heterocycles. The first-order valence-electron chi connectivity index (χ1n) is 7.37. The largest absolute Gasteiger partial charge is 0.394 e. The van der Waals surface area contributed by atoms with Gasteiger partial charge in [-0.05, 0) is 33.7 Å². The van der Waals surface area contributed by atoms with Crippen molar-refractivity contribution in [1.82, 2.24) is 19.9 Å². The first kappa shape index (κ1) is 15.9. The Morgan fingerprint density at radius 2 is 2.19 bits per heavy atom. The van der Waals surface area contributed by atoms with Crippen LogP contribution in [0.2, 0.25) is 0 Å². The van der Waals surface area contributed by atoms with Crippen molar-refractivity contribution in [2.45, 2.75) is 33.2 Å². The normalized spacial score (nSPS) is 13.0. The van der Waals surface area contributed by atoms with E-state index >= 15 is 0 Å². The van der Waals surface area contributed by atoms with Crippen LogP contribution in [-0.4, -0.2) is 46.1 Å². The monoisotopic (exact) mass is 292 g/mol. The molecule has 1 unspecified atom stereocenters. The highest BCUT2D eigenvalue weighted by Gasteiger charge is 2.12. The summed E-state index contributed by atoms with van der Waals surface area (Å²) >= 11 is 0. The number of aliphatic hydroxyl groups excluding tert-OH is 1. The second-order valence-corrected chi connectivity index (χ2v) is 5.22. The van der Waals surface area contributed by atoms with E-state index in [4.69, 9.17) is 9.84 Å². The summed E-state index contributed by atoms with van der Waals surface area (Å²) in [6.07, 6.45) is 2.84. The van der Waals surface area contributed by atoms with E-state index in [1.807, 2.05) is 23.7 Å². The van der Waals surface area contributed by atoms with Crippen molar-refractivity contribution in [3.63, 3.8) is 0 Å². The number of hydrogen-bond acceptors (Lipinski definition) is 5. The predicted molar refractivity (Wildman–Crippen MR) is 81.4 cm³/mol. The molecule has 2 aromatic heterocycles. The van der Waals surface area contributed by atoms with Crippen LogP contribution in [0.25, 0.3) is 5.65 Å². The molecule has 0 bridgehead atoms. The summed E-state index contributed by atoms with van der Waals surface area (Å²) in [6, 6.07) is 2.19. The summed E-state index contributed by atoms with van der Waals surface area (Å²) in [5, 5.41) is 16.6. The molecule has 0 radical (unpaired) electrons. The number of aromatic nitrogens is 3. The highest BCUT2D eigenvalue weighted by atomic mass is 16.5. The Bertz CT molecular complexity index is 582. The van der Waals surface area contributed by atoms with Gasteiger partial charge in [-0.3, -0.25) is 0 Å². The molecule has 0 saturated carbocycles. The Hall–Kier alpha value is -1.50. The van der Waals surface area contributed by atoms with Crippen molar-refractivity contribution in [1.29, 1.82) is 0 Å². The number of fused-ring (bicyclic) bond motifs is 1. The van der Waals surface area contributed by atoms with Crippen LogP contribution < -0.4 is 5.32 Å². The molecule has 2 heterocycles. The first-order valence-corrected chi connectivity index (χ1v) is 7.37. The lowest BCUT2D eigenvalue weighted by Gasteiger charge is -2.16. The summed E-state index contributed by atoms with van der Waals surface area (Å²) in [5.41, 5.74) is 4.13. The van der Waals surface area contributed by atoms with Crippen LogP contribution in [-0.2, 0) is 4.74 Å². The van der Waals surface area contributed by atoms with Gasteiger partial charge < -0.3 is 15.2 Å². The third-order valence-corrected chi connectivity index (χ3v) is 3.50. The molecule has 0 aliphatic rings. The topological polar surface area (TPSA) is 71.7 Å². The van der Waals surface area contributed by atoms with Crippen LogP contribution >= 0.6 is 0 Å². The summed E-state index contributed by atoms with van der Waals surface area (Å²) < 4.78 is 7.13. The fraction of sp³-hybridized carbons (Fsp3) is 0.600. The molecule has 0 aromatic carbocycles. The van der Waals surface area contributed by atoms with Gasteiger partial charge in [0.15, 0.2) is 5.65 Å². The minimum atomic E-state index is 0.0813. The van der Waals surface area contributed by atoms with Gasteiger partial charge in [0.2, 0.25) is 0 Å². The zero-order chi connectivity index (χ0) is 15.2. The van der Waals surface area contributed by atoms with Crippen molar-refractivity contribution in [2.75, 3.05) is 26.4 Å². The zero-order valence-electron chi connectivity index (χ0n) is 13.0. The molecule has 2 N–H and O–H groups in total. The smallest absolute Gasteiger partial charge is 0.155 e. The minimum Gasteiger partial charge on any atom is -0.394 e. The van der Waals surface area contributed by atoms with Gasteiger partial charge in [-0.15, -0.1) is 0 Å². The molecule has 0 aliphatic heterocycles. The van der Waals surface area contributed by atoms with Crippen molar-refractivity contribution in [3.05, 3.63) is 29.2 Å². The lowest BCUT2D eigenvalue weighted by Crippen LogP contribution is -2.22. The zero-order valence-corrected chi connectivity index (χ0v) is 13.0. The van der Waals surface area contributed by atoms with Crippen molar-refractivity contribution in [2.24, 2.45) is 0 Å². The maximum absolute atomic E-state index is 8.62. The Morgan fingerprint density at radius 3 is 2.95 bits per heavy atom. The van der Waals surface area contributed by atoms with E-state index in [-0.39, 0.29) is 12.6 Å². The van der Waals surface area contributed by atoms with Gasteiger partial charge >= 0.3 is 0 Å². The third-order valence-electron chi connectivity index (χ3n) is 3.50. The number of ether oxygens (including phenoxy) is 1. The van der Waals surface area contributed by atoms with Crippen LogP contribution in [0.1, 0.15) is 36.3 Å². The fourth-order valence-electron chi connectivity index (χ4n) is 2.37. The molecule has 0 aliphatic carbocycles. The van der Waals surface area contributed by atoms with E-state index in [0.29, 0.717) is 13.2 Å². The summed E-state index contributed by atoms with van der Waals surface area (Å²) in [6.45, 7) is 8.19. The molecule has 116 valence electrons. The Balaban J connectivity index is 1.93. The standard InChI is InChI=1S/C15H24N4O2/c1-11-9-15-17-10-14(13(3)19(15)18-11)12(2)16-5-4-7-21-8-6-20/h9-10,12,16,20H,4-8H2,1-3H3. The molecular formula is C15H24N4O2. The lowest BCUT2D eigenvalue weighted by molar-refractivity contribution is 0.0904. The highest BCUT2D eigenvalue weighted by molar-refractivity contribution is 5.42. The van der Waals surface area contributed by atoms with Crippen molar-refractivity contribution < 1.29 is 9.84 Å². The maximum Gasteiger partial charge on any atom is 0.155 e. The molecule has 21 heavy (non-hydrogen) atoms. The summed E-state index contributed by atoms with van der Waals surface area (Å²) in [5.74, 6) is 0. The van der Waals surface area contributed by atoms with Gasteiger partial charge in [-0.1, -0.05) is 0 Å². The summed E-state index contributed by atoms with van der Waals surface area (Å²) in [7, 11) is 0. The van der Waals surface area contributed by atoms with Crippen LogP contribution in [0.3, 0.4) is 0 Å². The van der Waals surface area contributed by atoms with E-state index in [9.17, 15) is 0 Å². The minimum absolute atomic E-state index is 0.0813. The van der Waals surface area contributed by atoms with Crippen molar-refractivity contribution in [3.8, 4) is 0 Å². The van der Waals surface area contributed by atoms with Gasteiger partial charge in [0.1, 0.15) is 0 Å². The van der Waals surface area contributed by atoms with Gasteiger partial charge in [-0.2, -0.15) is 5.10 Å². The van der Waals surface area contributed by atoms with Crippen molar-refractivity contribution >= 4 is 5.65 Å². The second-order valence-electron chi connectivity index (χ2n) is 5.22. The average molecular weight is 292 g/mol. The number of aliphatic hydroxyl groups is 1. The second kappa shape index (κ2) is 7.49. The van der Waals surface area contributed by atoms with E-state index in [1.165, 1.54) is 0 Å². The molecule has 0 spiro atoms. The number of nitrogens with zero attached hydrogens (tertiary/aromatic N) is 3. The number of hydrogen-bond donors (Lipinski definition) is 2. The van der Waals surface area contributed by atoms with E-state index in [1.54, 1.807) is 0 Å². The van der Waals surface area contributed by atoms with E-state index in [0.717, 1.165) is 35.6 Å². The van der Waals surface area contributed by atoms with E-state index in [2.05, 4.69) is 29.2 Å². The SMILES string of the molecule is Cc1cc2ncc(C(C)NCCCOCCO)c(C)n2n1. The summed E-state index contributed by atoms with van der Waals surface area (Å²) in [4.78, 5) is 4.46. The first-order chi connectivity index (χ1) is 10.1. The Kier molecular flexibility index (Phi) is 5.67. The van der Waals surface area contributed by atoms with Gasteiger partial charge in [0.25, 0.3) is 0 Å². The molecule has 2 rings (SSSR count). The van der Waals surface area contributed by atoms with Crippen LogP contribution in [0.15, 0.2) is 12.3 Å². The van der Waals surface area contributed by atoms with Crippen LogP contribution in [0.5, 0.6) is 0 Å². The highest BCUT2D eigenvalue weighted by Crippen LogP contribution is 2.17. The quantitative estimate of drug-likeness (QED) is 0.720. The molecule has 0 fully saturated rings. The van der Waals surface area contributed by atoms with E-state index < -0.39 is 0 Å². The van der Waals surface area contributed by atoms with Gasteiger partial charge in [-0.25, -0.2) is 9.50 Å². The Morgan fingerprint density at radius 1 is 1.38 bits per heavy atom. The number of nitrogens with one attached hydrogen (secondary N) is 1. The van der Waals surface area contributed by atoms with Gasteiger partial charge in [0.05, 0.1) is 18.9 Å². The lowest BCUT2D eigenvalue weighted by atomic mass is 10.1. The molecule has 6 nitrogen and oxygen atoms in total. The predicted octanol–water partition coefficient (Wildman–Crippen LogP) is 1.40. The number of rotatable bonds is 8. The average Bonchev–Trinajstić information content (AvgIpc) is 2.84. The number of aryl methyl sites for hydroxylation is 2. The molecule has 0 amide bonds. The van der Waals surface area contributed by atoms with Gasteiger partial charge in [0, 0.05) is 36.2 Å². The molecule has 2 aromatic rings. The molecule has 1 atom stereocenters. The molecular weight excluding hydrogens is 268 g/mol. The Labute approximate surface area is 125 Å². The fourth-order valence-corrected chi connectivity index (χ4v) is 2.37. The van der Waals surface area contributed by atoms with Crippen LogP contribution in [0, 0.1) is 13.8 Å². The van der Waals surface area contributed by atoms with Crippen LogP contribution in [0.4, 0.5) is 0 Å². The maximum atomic E-state index is 8.62.